The number of pyridine rings is 1. The van der Waals surface area contributed by atoms with Crippen molar-refractivity contribution >= 4 is 17.4 Å². The van der Waals surface area contributed by atoms with Crippen LogP contribution in [0.5, 0.6) is 0 Å². The van der Waals surface area contributed by atoms with Crippen molar-refractivity contribution in [3.8, 4) is 0 Å². The zero-order valence-electron chi connectivity index (χ0n) is 10.5. The van der Waals surface area contributed by atoms with Crippen molar-refractivity contribution in [2.24, 2.45) is 0 Å². The molecule has 0 spiro atoms. The van der Waals surface area contributed by atoms with Crippen molar-refractivity contribution in [3.05, 3.63) is 64.9 Å². The number of hydrogen-bond acceptors (Lipinski definition) is 3. The van der Waals surface area contributed by atoms with E-state index in [9.17, 15) is 9.90 Å². The molecule has 0 bridgehead atoms. The number of carbonyl (C=O) groups is 1. The summed E-state index contributed by atoms with van der Waals surface area (Å²) in [6.45, 7) is 1.38. The molecule has 0 aliphatic carbocycles. The van der Waals surface area contributed by atoms with Gasteiger partial charge in [-0.05, 0) is 30.7 Å². The summed E-state index contributed by atoms with van der Waals surface area (Å²) in [4.78, 5) is 15.8. The van der Waals surface area contributed by atoms with Gasteiger partial charge in [-0.15, -0.1) is 0 Å². The molecule has 1 aromatic carbocycles. The van der Waals surface area contributed by atoms with Crippen LogP contribution in [0.2, 0.25) is 5.02 Å². The fraction of sp³-hybridized carbons (Fsp3) is 0.200. The second-order valence-corrected chi connectivity index (χ2v) is 4.90. The van der Waals surface area contributed by atoms with Crippen molar-refractivity contribution in [1.82, 2.24) is 4.98 Å². The Bertz CT molecular complexity index is 568. The van der Waals surface area contributed by atoms with Gasteiger partial charge in [-0.2, -0.15) is 0 Å². The monoisotopic (exact) mass is 275 g/mol. The molecule has 1 N–H and O–H groups in total. The molecule has 0 radical (unpaired) electrons. The second kappa shape index (κ2) is 5.51. The minimum atomic E-state index is -1.55. The predicted octanol–water partition coefficient (Wildman–Crippen LogP) is 2.75. The number of Topliss-reactive ketones (excluding diaryl/α,β-unsaturated/α-hetero) is 1. The van der Waals surface area contributed by atoms with Gasteiger partial charge in [-0.25, -0.2) is 0 Å². The molecule has 4 heteroatoms. The average molecular weight is 276 g/mol. The van der Waals surface area contributed by atoms with Gasteiger partial charge in [0.1, 0.15) is 0 Å². The van der Waals surface area contributed by atoms with Gasteiger partial charge in [0, 0.05) is 29.4 Å². The third-order valence-corrected chi connectivity index (χ3v) is 3.35. The Morgan fingerprint density at radius 2 is 2.00 bits per heavy atom. The van der Waals surface area contributed by atoms with Crippen LogP contribution in [0.25, 0.3) is 0 Å². The average Bonchev–Trinajstić information content (AvgIpc) is 2.42. The molecular weight excluding hydrogens is 262 g/mol. The number of hydrogen-bond donors (Lipinski definition) is 1. The third kappa shape index (κ3) is 3.00. The zero-order valence-corrected chi connectivity index (χ0v) is 11.3. The molecule has 1 unspecified atom stereocenters. The van der Waals surface area contributed by atoms with Gasteiger partial charge in [0.15, 0.2) is 11.4 Å². The first-order valence-corrected chi connectivity index (χ1v) is 6.28. The minimum absolute atomic E-state index is 0.200. The van der Waals surface area contributed by atoms with E-state index in [2.05, 4.69) is 4.98 Å². The van der Waals surface area contributed by atoms with Crippen LogP contribution < -0.4 is 0 Å². The summed E-state index contributed by atoms with van der Waals surface area (Å²) in [7, 11) is 0. The molecule has 2 aromatic rings. The molecule has 1 atom stereocenters. The van der Waals surface area contributed by atoms with E-state index in [1.807, 2.05) is 0 Å². The van der Waals surface area contributed by atoms with E-state index in [4.69, 9.17) is 11.6 Å². The predicted molar refractivity (Wildman–Crippen MR) is 74.0 cm³/mol. The summed E-state index contributed by atoms with van der Waals surface area (Å²) in [6.07, 6.45) is 3.31. The Labute approximate surface area is 116 Å². The van der Waals surface area contributed by atoms with Gasteiger partial charge < -0.3 is 5.11 Å². The first-order chi connectivity index (χ1) is 9.02. The van der Waals surface area contributed by atoms with Gasteiger partial charge in [0.05, 0.1) is 0 Å². The van der Waals surface area contributed by atoms with E-state index in [1.165, 1.54) is 13.1 Å². The molecule has 0 saturated carbocycles. The molecule has 0 amide bonds. The molecule has 19 heavy (non-hydrogen) atoms. The number of rotatable bonds is 4. The molecule has 98 valence electrons. The van der Waals surface area contributed by atoms with Gasteiger partial charge in [0.25, 0.3) is 0 Å². The van der Waals surface area contributed by atoms with E-state index < -0.39 is 5.60 Å². The molecular formula is C15H14ClNO2. The lowest BCUT2D eigenvalue weighted by molar-refractivity contribution is -0.136. The quantitative estimate of drug-likeness (QED) is 0.933. The normalized spacial score (nSPS) is 13.8. The first-order valence-electron chi connectivity index (χ1n) is 5.91. The summed E-state index contributed by atoms with van der Waals surface area (Å²) in [5.41, 5.74) is -0.217. The maximum absolute atomic E-state index is 11.8. The van der Waals surface area contributed by atoms with Gasteiger partial charge in [0.2, 0.25) is 0 Å². The number of carbonyl (C=O) groups excluding carboxylic acids is 1. The molecule has 2 rings (SSSR count). The lowest BCUT2D eigenvalue weighted by atomic mass is 9.85. The molecule has 3 nitrogen and oxygen atoms in total. The lowest BCUT2D eigenvalue weighted by Gasteiger charge is -2.25. The maximum atomic E-state index is 11.8. The number of aliphatic hydroxyl groups is 1. The SMILES string of the molecule is CC(=O)C(O)(Cc1ccc(Cl)cc1)c1cccnc1. The molecule has 1 heterocycles. The Kier molecular flexibility index (Phi) is 3.98. The Morgan fingerprint density at radius 1 is 1.32 bits per heavy atom. The molecule has 0 fully saturated rings. The Morgan fingerprint density at radius 3 is 2.53 bits per heavy atom. The first kappa shape index (κ1) is 13.7. The summed E-state index contributed by atoms with van der Waals surface area (Å²) in [5, 5.41) is 11.3. The second-order valence-electron chi connectivity index (χ2n) is 4.46. The molecule has 0 aliphatic rings. The largest absolute Gasteiger partial charge is 0.377 e. The van der Waals surface area contributed by atoms with Crippen LogP contribution in [-0.4, -0.2) is 15.9 Å². The van der Waals surface area contributed by atoms with Crippen molar-refractivity contribution in [1.29, 1.82) is 0 Å². The van der Waals surface area contributed by atoms with E-state index in [1.54, 1.807) is 42.6 Å². The van der Waals surface area contributed by atoms with E-state index in [0.29, 0.717) is 10.6 Å². The highest BCUT2D eigenvalue weighted by Crippen LogP contribution is 2.27. The fourth-order valence-electron chi connectivity index (χ4n) is 1.93. The number of nitrogens with zero attached hydrogens (tertiary/aromatic N) is 1. The van der Waals surface area contributed by atoms with E-state index in [0.717, 1.165) is 5.56 Å². The van der Waals surface area contributed by atoms with Crippen molar-refractivity contribution < 1.29 is 9.90 Å². The van der Waals surface area contributed by atoms with Gasteiger partial charge in [-0.1, -0.05) is 29.8 Å². The fourth-order valence-corrected chi connectivity index (χ4v) is 2.06. The summed E-state index contributed by atoms with van der Waals surface area (Å²) >= 11 is 5.82. The summed E-state index contributed by atoms with van der Waals surface area (Å²) in [5.74, 6) is -0.310. The van der Waals surface area contributed by atoms with Crippen LogP contribution >= 0.6 is 11.6 Å². The molecule has 1 aromatic heterocycles. The number of aromatic nitrogens is 1. The van der Waals surface area contributed by atoms with Gasteiger partial charge >= 0.3 is 0 Å². The van der Waals surface area contributed by atoms with Crippen LogP contribution in [0.4, 0.5) is 0 Å². The molecule has 0 aliphatic heterocycles. The highest BCUT2D eigenvalue weighted by molar-refractivity contribution is 6.30. The third-order valence-electron chi connectivity index (χ3n) is 3.09. The number of benzene rings is 1. The highest BCUT2D eigenvalue weighted by atomic mass is 35.5. The van der Waals surface area contributed by atoms with Crippen molar-refractivity contribution in [2.45, 2.75) is 18.9 Å². The van der Waals surface area contributed by atoms with Crippen LogP contribution in [0, 0.1) is 0 Å². The van der Waals surface area contributed by atoms with Crippen LogP contribution in [0.1, 0.15) is 18.1 Å². The Hall–Kier alpha value is -1.71. The lowest BCUT2D eigenvalue weighted by Crippen LogP contribution is -2.36. The topological polar surface area (TPSA) is 50.2 Å². The summed E-state index contributed by atoms with van der Waals surface area (Å²) in [6, 6.07) is 10.5. The number of ketones is 1. The maximum Gasteiger partial charge on any atom is 0.166 e. The minimum Gasteiger partial charge on any atom is -0.377 e. The van der Waals surface area contributed by atoms with Crippen molar-refractivity contribution in [2.75, 3.05) is 0 Å². The van der Waals surface area contributed by atoms with Crippen LogP contribution in [0.3, 0.4) is 0 Å². The van der Waals surface area contributed by atoms with Gasteiger partial charge in [-0.3, -0.25) is 9.78 Å². The van der Waals surface area contributed by atoms with Crippen LogP contribution in [-0.2, 0) is 16.8 Å². The highest BCUT2D eigenvalue weighted by Gasteiger charge is 2.35. The van der Waals surface area contributed by atoms with Crippen LogP contribution in [0.15, 0.2) is 48.8 Å². The molecule has 0 saturated heterocycles. The Balaban J connectivity index is 2.36. The van der Waals surface area contributed by atoms with Crippen molar-refractivity contribution in [3.63, 3.8) is 0 Å². The van der Waals surface area contributed by atoms with E-state index in [-0.39, 0.29) is 12.2 Å². The standard InChI is InChI=1S/C15H14ClNO2/c1-11(18)15(19,13-3-2-8-17-10-13)9-12-4-6-14(16)7-5-12/h2-8,10,19H,9H2,1H3. The number of halogens is 1. The summed E-state index contributed by atoms with van der Waals surface area (Å²) < 4.78 is 0. The zero-order chi connectivity index (χ0) is 13.9. The smallest absolute Gasteiger partial charge is 0.166 e. The van der Waals surface area contributed by atoms with E-state index >= 15 is 0 Å².